The zero-order valence-electron chi connectivity index (χ0n) is 16.2. The molecule has 3 heterocycles. The number of hydroxylamine groups is 2. The van der Waals surface area contributed by atoms with E-state index in [-0.39, 0.29) is 33.8 Å². The molecule has 3 aromatic rings. The molecule has 0 radical (unpaired) electrons. The Bertz CT molecular complexity index is 1310. The molecule has 1 saturated heterocycles. The van der Waals surface area contributed by atoms with Crippen molar-refractivity contribution in [1.29, 1.82) is 0 Å². The second kappa shape index (κ2) is 7.75. The number of thiazole rings is 1. The standard InChI is InChI=1S/C19H13F3N4O5S/c1-25-11-6-9(2-3-10(11)12(27)7-14(25)19(20,21)22)24-18-23-8-13(32-18)17(30)31-26-15(28)4-5-16(26)29/h2-3,6-8H,4-5H2,1H3,(H,23,24). The summed E-state index contributed by atoms with van der Waals surface area (Å²) in [6, 6.07) is 4.77. The summed E-state index contributed by atoms with van der Waals surface area (Å²) in [5, 5.41) is 3.56. The molecule has 4 rings (SSSR count). The summed E-state index contributed by atoms with van der Waals surface area (Å²) >= 11 is 0.847. The summed E-state index contributed by atoms with van der Waals surface area (Å²) in [5.74, 6) is -2.19. The number of aromatic nitrogens is 2. The lowest BCUT2D eigenvalue weighted by Crippen LogP contribution is -2.31. The van der Waals surface area contributed by atoms with E-state index in [0.29, 0.717) is 16.8 Å². The maximum absolute atomic E-state index is 13.2. The molecule has 9 nitrogen and oxygen atoms in total. The lowest BCUT2D eigenvalue weighted by molar-refractivity contribution is -0.172. The third kappa shape index (κ3) is 3.93. The summed E-state index contributed by atoms with van der Waals surface area (Å²) in [6.07, 6.45) is -3.61. The summed E-state index contributed by atoms with van der Waals surface area (Å²) in [6.45, 7) is 0. The van der Waals surface area contributed by atoms with Crippen molar-refractivity contribution in [2.45, 2.75) is 19.0 Å². The monoisotopic (exact) mass is 466 g/mol. The highest BCUT2D eigenvalue weighted by Gasteiger charge is 2.35. The van der Waals surface area contributed by atoms with E-state index in [9.17, 15) is 32.3 Å². The number of carbonyl (C=O) groups excluding carboxylic acids is 3. The molecular formula is C19H13F3N4O5S. The van der Waals surface area contributed by atoms with E-state index in [1.165, 1.54) is 31.4 Å². The SMILES string of the molecule is Cn1c(C(F)(F)F)cc(=O)c2ccc(Nc3ncc(C(=O)ON4C(=O)CCC4=O)s3)cc21. The number of nitrogens with zero attached hydrogens (tertiary/aromatic N) is 3. The number of alkyl halides is 3. The van der Waals surface area contributed by atoms with E-state index in [4.69, 9.17) is 4.84 Å². The van der Waals surface area contributed by atoms with Crippen LogP contribution in [0.1, 0.15) is 28.2 Å². The summed E-state index contributed by atoms with van der Waals surface area (Å²) < 4.78 is 40.5. The second-order valence-corrected chi connectivity index (χ2v) is 7.83. The number of fused-ring (bicyclic) bond motifs is 1. The molecule has 0 bridgehead atoms. The van der Waals surface area contributed by atoms with Crippen molar-refractivity contribution in [3.8, 4) is 0 Å². The van der Waals surface area contributed by atoms with Gasteiger partial charge in [-0.3, -0.25) is 14.4 Å². The van der Waals surface area contributed by atoms with E-state index in [0.717, 1.165) is 15.9 Å². The first-order chi connectivity index (χ1) is 15.0. The van der Waals surface area contributed by atoms with Crippen molar-refractivity contribution in [2.24, 2.45) is 7.05 Å². The van der Waals surface area contributed by atoms with Crippen LogP contribution in [0.5, 0.6) is 0 Å². The molecule has 0 saturated carbocycles. The molecule has 1 aromatic carbocycles. The van der Waals surface area contributed by atoms with Crippen LogP contribution in [0.3, 0.4) is 0 Å². The first-order valence-corrected chi connectivity index (χ1v) is 9.88. The number of benzene rings is 1. The molecule has 166 valence electrons. The minimum atomic E-state index is -4.70. The topological polar surface area (TPSA) is 111 Å². The zero-order chi connectivity index (χ0) is 23.2. The van der Waals surface area contributed by atoms with Crippen LogP contribution < -0.4 is 10.7 Å². The molecular weight excluding hydrogens is 453 g/mol. The first kappa shape index (κ1) is 21.5. The van der Waals surface area contributed by atoms with Crippen LogP contribution >= 0.6 is 11.3 Å². The normalized spacial score (nSPS) is 14.3. The van der Waals surface area contributed by atoms with Crippen LogP contribution in [0.25, 0.3) is 10.9 Å². The number of aryl methyl sites for hydroxylation is 1. The van der Waals surface area contributed by atoms with Crippen LogP contribution in [-0.2, 0) is 27.7 Å². The molecule has 0 spiro atoms. The minimum absolute atomic E-state index is 0.00690. The van der Waals surface area contributed by atoms with Gasteiger partial charge in [0.05, 0.1) is 11.7 Å². The fourth-order valence-corrected chi connectivity index (χ4v) is 3.84. The molecule has 1 aliphatic rings. The zero-order valence-corrected chi connectivity index (χ0v) is 17.0. The predicted octanol–water partition coefficient (Wildman–Crippen LogP) is 2.98. The third-order valence-electron chi connectivity index (χ3n) is 4.68. The number of amides is 2. The van der Waals surface area contributed by atoms with Gasteiger partial charge in [0.2, 0.25) is 0 Å². The number of hydrogen-bond acceptors (Lipinski definition) is 8. The molecule has 1 fully saturated rings. The van der Waals surface area contributed by atoms with Gasteiger partial charge in [-0.15, -0.1) is 5.06 Å². The lowest BCUT2D eigenvalue weighted by atomic mass is 10.1. The smallest absolute Gasteiger partial charge is 0.340 e. The Labute approximate surface area is 181 Å². The number of rotatable bonds is 4. The minimum Gasteiger partial charge on any atom is -0.340 e. The molecule has 2 aromatic heterocycles. The van der Waals surface area contributed by atoms with Gasteiger partial charge in [0.15, 0.2) is 10.6 Å². The van der Waals surface area contributed by atoms with Gasteiger partial charge >= 0.3 is 12.1 Å². The highest BCUT2D eigenvalue weighted by molar-refractivity contribution is 7.17. The molecule has 0 atom stereocenters. The van der Waals surface area contributed by atoms with Gasteiger partial charge in [0.25, 0.3) is 11.8 Å². The van der Waals surface area contributed by atoms with Gasteiger partial charge in [-0.25, -0.2) is 9.78 Å². The molecule has 13 heteroatoms. The Morgan fingerprint density at radius 3 is 2.50 bits per heavy atom. The molecule has 1 N–H and O–H groups in total. The molecule has 0 unspecified atom stereocenters. The molecule has 0 aliphatic carbocycles. The Hall–Kier alpha value is -3.74. The number of carbonyl (C=O) groups is 3. The van der Waals surface area contributed by atoms with E-state index >= 15 is 0 Å². The van der Waals surface area contributed by atoms with Crippen molar-refractivity contribution in [1.82, 2.24) is 14.6 Å². The fraction of sp³-hybridized carbons (Fsp3) is 0.211. The van der Waals surface area contributed by atoms with Crippen LogP contribution in [-0.4, -0.2) is 32.4 Å². The van der Waals surface area contributed by atoms with Gasteiger partial charge in [-0.1, -0.05) is 11.3 Å². The summed E-state index contributed by atoms with van der Waals surface area (Å²) in [7, 11) is 1.20. The van der Waals surface area contributed by atoms with Crippen molar-refractivity contribution >= 4 is 50.8 Å². The van der Waals surface area contributed by atoms with Crippen molar-refractivity contribution in [3.63, 3.8) is 0 Å². The number of pyridine rings is 1. The third-order valence-corrected chi connectivity index (χ3v) is 5.58. The Morgan fingerprint density at radius 1 is 1.16 bits per heavy atom. The van der Waals surface area contributed by atoms with Crippen LogP contribution in [0.2, 0.25) is 0 Å². The molecule has 32 heavy (non-hydrogen) atoms. The number of anilines is 2. The van der Waals surface area contributed by atoms with Gasteiger partial charge in [-0.2, -0.15) is 13.2 Å². The van der Waals surface area contributed by atoms with E-state index in [1.54, 1.807) is 0 Å². The Kier molecular flexibility index (Phi) is 5.20. The average molecular weight is 466 g/mol. The Morgan fingerprint density at radius 2 is 1.84 bits per heavy atom. The van der Waals surface area contributed by atoms with Crippen molar-refractivity contribution in [2.75, 3.05) is 5.32 Å². The highest BCUT2D eigenvalue weighted by Crippen LogP contribution is 2.31. The second-order valence-electron chi connectivity index (χ2n) is 6.80. The van der Waals surface area contributed by atoms with E-state index in [2.05, 4.69) is 10.3 Å². The van der Waals surface area contributed by atoms with Crippen LogP contribution in [0.4, 0.5) is 24.0 Å². The molecule has 1 aliphatic heterocycles. The molecule has 2 amide bonds. The van der Waals surface area contributed by atoms with Crippen molar-refractivity contribution < 1.29 is 32.4 Å². The maximum atomic E-state index is 13.2. The summed E-state index contributed by atoms with van der Waals surface area (Å²) in [5.41, 5.74) is -1.47. The van der Waals surface area contributed by atoms with E-state index in [1.807, 2.05) is 0 Å². The predicted molar refractivity (Wildman–Crippen MR) is 106 cm³/mol. The first-order valence-electron chi connectivity index (χ1n) is 9.06. The van der Waals surface area contributed by atoms with E-state index < -0.39 is 35.1 Å². The number of halogens is 3. The fourth-order valence-electron chi connectivity index (χ4n) is 3.13. The summed E-state index contributed by atoms with van der Waals surface area (Å²) in [4.78, 5) is 56.2. The highest BCUT2D eigenvalue weighted by atomic mass is 32.1. The van der Waals surface area contributed by atoms with Gasteiger partial charge in [-0.05, 0) is 18.2 Å². The number of imide groups is 1. The largest absolute Gasteiger partial charge is 0.431 e. The van der Waals surface area contributed by atoms with Crippen molar-refractivity contribution in [3.05, 3.63) is 51.3 Å². The van der Waals surface area contributed by atoms with Gasteiger partial charge in [0, 0.05) is 37.0 Å². The number of nitrogens with one attached hydrogen (secondary N) is 1. The maximum Gasteiger partial charge on any atom is 0.431 e. The van der Waals surface area contributed by atoms with Gasteiger partial charge < -0.3 is 14.7 Å². The van der Waals surface area contributed by atoms with Crippen LogP contribution in [0, 0.1) is 0 Å². The Balaban J connectivity index is 1.58. The average Bonchev–Trinajstić information content (AvgIpc) is 3.31. The number of hydrogen-bond donors (Lipinski definition) is 1. The quantitative estimate of drug-likeness (QED) is 0.589. The van der Waals surface area contributed by atoms with Crippen LogP contribution in [0.15, 0.2) is 35.3 Å². The van der Waals surface area contributed by atoms with Gasteiger partial charge in [0.1, 0.15) is 10.6 Å². The lowest BCUT2D eigenvalue weighted by Gasteiger charge is -2.15.